The average Bonchev–Trinajstić information content (AvgIpc) is 2.56. The van der Waals surface area contributed by atoms with Crippen LogP contribution >= 0.6 is 11.8 Å². The van der Waals surface area contributed by atoms with Crippen molar-refractivity contribution < 1.29 is 4.79 Å². The first-order chi connectivity index (χ1) is 10.7. The molecule has 114 valence electrons. The lowest BCUT2D eigenvalue weighted by Crippen LogP contribution is -2.43. The van der Waals surface area contributed by atoms with Gasteiger partial charge in [-0.1, -0.05) is 48.0 Å². The number of carbonyl (C=O) groups excluding carboxylic acids is 1. The number of benzene rings is 2. The number of para-hydroxylation sites is 1. The van der Waals surface area contributed by atoms with Crippen molar-refractivity contribution in [1.82, 2.24) is 4.90 Å². The summed E-state index contributed by atoms with van der Waals surface area (Å²) < 4.78 is 0. The second-order valence-electron chi connectivity index (χ2n) is 5.49. The molecule has 4 heteroatoms. The molecule has 3 rings (SSSR count). The molecule has 1 fully saturated rings. The van der Waals surface area contributed by atoms with Crippen molar-refractivity contribution in [3.63, 3.8) is 0 Å². The minimum absolute atomic E-state index is 0.0166. The molecule has 2 aromatic carbocycles. The number of anilines is 1. The molecule has 1 saturated heterocycles. The highest BCUT2D eigenvalue weighted by Crippen LogP contribution is 2.30. The molecule has 0 saturated carbocycles. The van der Waals surface area contributed by atoms with E-state index < -0.39 is 0 Å². The molecular formula is C18H20N2OS. The van der Waals surface area contributed by atoms with Crippen LogP contribution in [0.2, 0.25) is 0 Å². The molecule has 1 aliphatic rings. The summed E-state index contributed by atoms with van der Waals surface area (Å²) in [7, 11) is 0. The van der Waals surface area contributed by atoms with Gasteiger partial charge in [-0.15, -0.1) is 0 Å². The third-order valence-corrected chi connectivity index (χ3v) is 4.90. The lowest BCUT2D eigenvalue weighted by molar-refractivity contribution is 0.196. The molecule has 1 heterocycles. The van der Waals surface area contributed by atoms with E-state index in [0.717, 1.165) is 23.7 Å². The van der Waals surface area contributed by atoms with Gasteiger partial charge in [-0.2, -0.15) is 11.8 Å². The van der Waals surface area contributed by atoms with E-state index in [1.807, 2.05) is 47.0 Å². The lowest BCUT2D eigenvalue weighted by atomic mass is 10.1. The molecule has 22 heavy (non-hydrogen) atoms. The van der Waals surface area contributed by atoms with Crippen LogP contribution in [-0.4, -0.2) is 29.0 Å². The van der Waals surface area contributed by atoms with Crippen molar-refractivity contribution in [2.24, 2.45) is 0 Å². The third kappa shape index (κ3) is 3.45. The van der Waals surface area contributed by atoms with Crippen LogP contribution in [0, 0.1) is 6.92 Å². The molecule has 0 radical (unpaired) electrons. The molecule has 1 N–H and O–H groups in total. The molecular weight excluding hydrogens is 292 g/mol. The smallest absolute Gasteiger partial charge is 0.316 e. The highest BCUT2D eigenvalue weighted by molar-refractivity contribution is 7.99. The molecule has 1 atom stereocenters. The molecule has 0 aliphatic carbocycles. The van der Waals surface area contributed by atoms with Crippen LogP contribution in [0.5, 0.6) is 0 Å². The Hall–Kier alpha value is -1.94. The first kappa shape index (κ1) is 15.0. The van der Waals surface area contributed by atoms with E-state index >= 15 is 0 Å². The summed E-state index contributed by atoms with van der Waals surface area (Å²) in [5.74, 6) is 1.94. The SMILES string of the molecule is Cc1ccc(C2CSCCN2C(=O)Nc2ccccc2)cc1. The van der Waals surface area contributed by atoms with Crippen LogP contribution in [0.3, 0.4) is 0 Å². The molecule has 0 bridgehead atoms. The van der Waals surface area contributed by atoms with Crippen LogP contribution in [0.1, 0.15) is 17.2 Å². The van der Waals surface area contributed by atoms with Gasteiger partial charge in [0.1, 0.15) is 0 Å². The first-order valence-corrected chi connectivity index (χ1v) is 8.66. The van der Waals surface area contributed by atoms with E-state index in [-0.39, 0.29) is 12.1 Å². The van der Waals surface area contributed by atoms with Gasteiger partial charge in [0.25, 0.3) is 0 Å². The second kappa shape index (κ2) is 6.88. The number of rotatable bonds is 2. The van der Waals surface area contributed by atoms with E-state index in [2.05, 4.69) is 36.5 Å². The fourth-order valence-electron chi connectivity index (χ4n) is 2.63. The van der Waals surface area contributed by atoms with E-state index in [1.54, 1.807) is 0 Å². The number of urea groups is 1. The topological polar surface area (TPSA) is 32.3 Å². The normalized spacial score (nSPS) is 18.0. The number of amides is 2. The summed E-state index contributed by atoms with van der Waals surface area (Å²) in [6, 6.07) is 18.3. The van der Waals surface area contributed by atoms with Gasteiger partial charge >= 0.3 is 6.03 Å². The van der Waals surface area contributed by atoms with Crippen LogP contribution in [0.4, 0.5) is 10.5 Å². The second-order valence-corrected chi connectivity index (χ2v) is 6.64. The molecule has 0 spiro atoms. The number of carbonyl (C=O) groups is 1. The molecule has 1 unspecified atom stereocenters. The predicted molar refractivity (Wildman–Crippen MR) is 93.4 cm³/mol. The molecule has 0 aromatic heterocycles. The Morgan fingerprint density at radius 1 is 1.14 bits per heavy atom. The number of nitrogens with zero attached hydrogens (tertiary/aromatic N) is 1. The summed E-state index contributed by atoms with van der Waals surface area (Å²) in [5, 5.41) is 3.00. The first-order valence-electron chi connectivity index (χ1n) is 7.51. The monoisotopic (exact) mass is 312 g/mol. The van der Waals surface area contributed by atoms with Gasteiger partial charge in [0.15, 0.2) is 0 Å². The Kier molecular flexibility index (Phi) is 4.68. The maximum absolute atomic E-state index is 12.6. The molecule has 2 amide bonds. The van der Waals surface area contributed by atoms with E-state index in [1.165, 1.54) is 11.1 Å². The predicted octanol–water partition coefficient (Wildman–Crippen LogP) is 4.32. The highest BCUT2D eigenvalue weighted by atomic mass is 32.2. The average molecular weight is 312 g/mol. The summed E-state index contributed by atoms with van der Waals surface area (Å²) >= 11 is 1.91. The highest BCUT2D eigenvalue weighted by Gasteiger charge is 2.28. The van der Waals surface area contributed by atoms with Crippen LogP contribution in [0.25, 0.3) is 0 Å². The largest absolute Gasteiger partial charge is 0.322 e. The summed E-state index contributed by atoms with van der Waals surface area (Å²) in [6.45, 7) is 2.86. The maximum Gasteiger partial charge on any atom is 0.322 e. The Morgan fingerprint density at radius 2 is 1.86 bits per heavy atom. The van der Waals surface area contributed by atoms with Gasteiger partial charge in [-0.3, -0.25) is 0 Å². The van der Waals surface area contributed by atoms with Gasteiger partial charge in [0.05, 0.1) is 6.04 Å². The van der Waals surface area contributed by atoms with Gasteiger partial charge < -0.3 is 10.2 Å². The molecule has 2 aromatic rings. The third-order valence-electron chi connectivity index (χ3n) is 3.88. The van der Waals surface area contributed by atoms with Crippen molar-refractivity contribution in [3.8, 4) is 0 Å². The van der Waals surface area contributed by atoms with Crippen LogP contribution in [0.15, 0.2) is 54.6 Å². The summed E-state index contributed by atoms with van der Waals surface area (Å²) in [6.07, 6.45) is 0. The minimum Gasteiger partial charge on any atom is -0.316 e. The van der Waals surface area contributed by atoms with Crippen molar-refractivity contribution in [1.29, 1.82) is 0 Å². The number of thioether (sulfide) groups is 1. The zero-order valence-electron chi connectivity index (χ0n) is 12.7. The lowest BCUT2D eigenvalue weighted by Gasteiger charge is -2.35. The Bertz CT molecular complexity index is 627. The maximum atomic E-state index is 12.6. The van der Waals surface area contributed by atoms with E-state index in [4.69, 9.17) is 0 Å². The van der Waals surface area contributed by atoms with Gasteiger partial charge in [0, 0.05) is 23.7 Å². The zero-order chi connectivity index (χ0) is 15.4. The fraction of sp³-hybridized carbons (Fsp3) is 0.278. The summed E-state index contributed by atoms with van der Waals surface area (Å²) in [5.41, 5.74) is 3.29. The quantitative estimate of drug-likeness (QED) is 0.896. The van der Waals surface area contributed by atoms with Gasteiger partial charge in [-0.25, -0.2) is 4.79 Å². The minimum atomic E-state index is -0.0166. The Morgan fingerprint density at radius 3 is 2.59 bits per heavy atom. The zero-order valence-corrected chi connectivity index (χ0v) is 13.5. The fourth-order valence-corrected chi connectivity index (χ4v) is 3.72. The number of aryl methyl sites for hydroxylation is 1. The number of nitrogens with one attached hydrogen (secondary N) is 1. The van der Waals surface area contributed by atoms with E-state index in [0.29, 0.717) is 0 Å². The van der Waals surface area contributed by atoms with Crippen molar-refractivity contribution >= 4 is 23.5 Å². The van der Waals surface area contributed by atoms with Crippen molar-refractivity contribution in [2.45, 2.75) is 13.0 Å². The Balaban J connectivity index is 1.77. The van der Waals surface area contributed by atoms with Gasteiger partial charge in [0.2, 0.25) is 0 Å². The van der Waals surface area contributed by atoms with Crippen molar-refractivity contribution in [3.05, 3.63) is 65.7 Å². The number of hydrogen-bond acceptors (Lipinski definition) is 2. The Labute approximate surface area is 135 Å². The molecule has 3 nitrogen and oxygen atoms in total. The molecule has 1 aliphatic heterocycles. The number of hydrogen-bond donors (Lipinski definition) is 1. The van der Waals surface area contributed by atoms with Crippen molar-refractivity contribution in [2.75, 3.05) is 23.4 Å². The van der Waals surface area contributed by atoms with Gasteiger partial charge in [-0.05, 0) is 24.6 Å². The standard InChI is InChI=1S/C18H20N2OS/c1-14-7-9-15(10-8-14)17-13-22-12-11-20(17)18(21)19-16-5-3-2-4-6-16/h2-10,17H,11-13H2,1H3,(H,19,21). The van der Waals surface area contributed by atoms with E-state index in [9.17, 15) is 4.79 Å². The summed E-state index contributed by atoms with van der Waals surface area (Å²) in [4.78, 5) is 14.6. The van der Waals surface area contributed by atoms with Crippen LogP contribution in [-0.2, 0) is 0 Å². The van der Waals surface area contributed by atoms with Crippen LogP contribution < -0.4 is 5.32 Å².